The molecule has 0 unspecified atom stereocenters. The van der Waals surface area contributed by atoms with Crippen LogP contribution in [0.5, 0.6) is 5.75 Å². The predicted molar refractivity (Wildman–Crippen MR) is 137 cm³/mol. The van der Waals surface area contributed by atoms with Gasteiger partial charge in [0.15, 0.2) is 0 Å². The predicted octanol–water partition coefficient (Wildman–Crippen LogP) is 6.23. The summed E-state index contributed by atoms with van der Waals surface area (Å²) < 4.78 is 33.3. The molecule has 7 heteroatoms. The van der Waals surface area contributed by atoms with Crippen LogP contribution in [0.15, 0.2) is 24.3 Å². The van der Waals surface area contributed by atoms with Gasteiger partial charge in [0, 0.05) is 26.1 Å². The van der Waals surface area contributed by atoms with Crippen molar-refractivity contribution in [2.45, 2.75) is 109 Å². The summed E-state index contributed by atoms with van der Waals surface area (Å²) in [5.41, 5.74) is 0.950. The number of amides is 1. The lowest BCUT2D eigenvalue weighted by molar-refractivity contribution is -0.133. The fourth-order valence-electron chi connectivity index (χ4n) is 4.43. The number of carbonyl (C=O) groups excluding carboxylic acids is 1. The van der Waals surface area contributed by atoms with E-state index in [1.54, 1.807) is 12.1 Å². The van der Waals surface area contributed by atoms with Crippen LogP contribution in [0.1, 0.15) is 102 Å². The zero-order valence-electron chi connectivity index (χ0n) is 21.3. The van der Waals surface area contributed by atoms with Crippen molar-refractivity contribution < 1.29 is 22.1 Å². The van der Waals surface area contributed by atoms with Crippen LogP contribution in [-0.2, 0) is 26.2 Å². The minimum atomic E-state index is -3.55. The highest BCUT2D eigenvalue weighted by Crippen LogP contribution is 2.19. The largest absolute Gasteiger partial charge is 0.383 e. The number of unbranched alkanes of at least 4 members (excludes halogenated alkanes) is 10. The molecule has 1 aliphatic heterocycles. The molecule has 0 bridgehead atoms. The lowest BCUT2D eigenvalue weighted by Gasteiger charge is -2.26. The van der Waals surface area contributed by atoms with Crippen molar-refractivity contribution in [2.75, 3.05) is 19.4 Å². The van der Waals surface area contributed by atoms with Crippen molar-refractivity contribution in [3.05, 3.63) is 29.8 Å². The Hall–Kier alpha value is -1.60. The van der Waals surface area contributed by atoms with E-state index in [1.807, 2.05) is 17.0 Å². The van der Waals surface area contributed by atoms with Gasteiger partial charge in [-0.05, 0) is 37.0 Å². The van der Waals surface area contributed by atoms with Crippen molar-refractivity contribution in [1.82, 2.24) is 4.90 Å². The van der Waals surface area contributed by atoms with E-state index in [0.717, 1.165) is 44.1 Å². The molecule has 1 aromatic carbocycles. The summed E-state index contributed by atoms with van der Waals surface area (Å²) in [6.45, 7) is 4.12. The van der Waals surface area contributed by atoms with Crippen LogP contribution in [-0.4, -0.2) is 44.7 Å². The second-order valence-electron chi connectivity index (χ2n) is 9.63. The van der Waals surface area contributed by atoms with Gasteiger partial charge in [-0.2, -0.15) is 8.42 Å². The van der Waals surface area contributed by atoms with Crippen LogP contribution >= 0.6 is 0 Å². The number of hydrogen-bond acceptors (Lipinski definition) is 5. The van der Waals surface area contributed by atoms with Gasteiger partial charge in [-0.1, -0.05) is 83.3 Å². The molecule has 2 rings (SSSR count). The summed E-state index contributed by atoms with van der Waals surface area (Å²) in [6.07, 6.45) is 17.7. The third-order valence-electron chi connectivity index (χ3n) is 6.34. The van der Waals surface area contributed by atoms with Gasteiger partial charge >= 0.3 is 10.1 Å². The van der Waals surface area contributed by atoms with Gasteiger partial charge in [-0.3, -0.25) is 4.79 Å². The molecule has 1 atom stereocenters. The molecule has 0 N–H and O–H groups in total. The van der Waals surface area contributed by atoms with E-state index >= 15 is 0 Å². The van der Waals surface area contributed by atoms with E-state index in [4.69, 9.17) is 8.92 Å². The van der Waals surface area contributed by atoms with Crippen LogP contribution in [0.3, 0.4) is 0 Å². The molecule has 1 aromatic rings. The molecule has 0 aliphatic carbocycles. The average molecular weight is 496 g/mol. The Morgan fingerprint density at radius 2 is 1.56 bits per heavy atom. The number of carbonyl (C=O) groups is 1. The maximum Gasteiger partial charge on any atom is 0.306 e. The number of nitrogens with zero attached hydrogens (tertiary/aromatic N) is 1. The van der Waals surface area contributed by atoms with Crippen LogP contribution < -0.4 is 4.18 Å². The molecule has 0 spiro atoms. The van der Waals surface area contributed by atoms with E-state index in [9.17, 15) is 13.2 Å². The van der Waals surface area contributed by atoms with Gasteiger partial charge in [0.05, 0.1) is 12.4 Å². The molecule has 1 amide bonds. The molecule has 194 valence electrons. The van der Waals surface area contributed by atoms with E-state index in [-0.39, 0.29) is 17.8 Å². The topological polar surface area (TPSA) is 72.9 Å². The highest BCUT2D eigenvalue weighted by atomic mass is 32.2. The quantitative estimate of drug-likeness (QED) is 0.178. The molecule has 1 fully saturated rings. The second-order valence-corrected chi connectivity index (χ2v) is 11.2. The van der Waals surface area contributed by atoms with Crippen molar-refractivity contribution >= 4 is 16.0 Å². The lowest BCUT2D eigenvalue weighted by atomic mass is 10.0. The van der Waals surface area contributed by atoms with Gasteiger partial charge < -0.3 is 13.8 Å². The van der Waals surface area contributed by atoms with Crippen LogP contribution in [0, 0.1) is 0 Å². The summed E-state index contributed by atoms with van der Waals surface area (Å²) in [7, 11) is -3.55. The smallest absolute Gasteiger partial charge is 0.306 e. The Morgan fingerprint density at radius 3 is 2.09 bits per heavy atom. The molecule has 1 saturated heterocycles. The Bertz CT molecular complexity index is 788. The van der Waals surface area contributed by atoms with Crippen LogP contribution in [0.2, 0.25) is 0 Å². The molecule has 0 aromatic heterocycles. The minimum Gasteiger partial charge on any atom is -0.383 e. The average Bonchev–Trinajstić information content (AvgIpc) is 3.30. The Labute approximate surface area is 207 Å². The third kappa shape index (κ3) is 12.7. The van der Waals surface area contributed by atoms with E-state index in [0.29, 0.717) is 19.5 Å². The summed E-state index contributed by atoms with van der Waals surface area (Å²) in [6, 6.07) is 6.90. The standard InChI is InChI=1S/C27H45NO5S/c1-3-4-5-6-7-8-9-10-11-12-13-16-27(29)28(23-26-15-14-21-32-26)22-24-17-19-25(20-18-24)33-34(2,30)31/h17-20,26H,3-16,21-23H2,1-2H3/t26-/m1/s1. The first kappa shape index (κ1) is 28.6. The Kier molecular flexibility index (Phi) is 13.6. The van der Waals surface area contributed by atoms with E-state index in [1.165, 1.54) is 57.8 Å². The van der Waals surface area contributed by atoms with Gasteiger partial charge in [0.25, 0.3) is 0 Å². The van der Waals surface area contributed by atoms with Crippen molar-refractivity contribution in [1.29, 1.82) is 0 Å². The van der Waals surface area contributed by atoms with Crippen molar-refractivity contribution in [2.24, 2.45) is 0 Å². The first-order chi connectivity index (χ1) is 16.4. The molecular weight excluding hydrogens is 450 g/mol. The number of ether oxygens (including phenoxy) is 1. The second kappa shape index (κ2) is 16.1. The van der Waals surface area contributed by atoms with Gasteiger partial charge in [-0.15, -0.1) is 0 Å². The molecule has 34 heavy (non-hydrogen) atoms. The normalized spacial score (nSPS) is 16.0. The summed E-state index contributed by atoms with van der Waals surface area (Å²) in [4.78, 5) is 14.9. The maximum absolute atomic E-state index is 13.0. The SMILES string of the molecule is CCCCCCCCCCCCCC(=O)N(Cc1ccc(OS(C)(=O)=O)cc1)C[C@H]1CCCO1. The lowest BCUT2D eigenvalue weighted by Crippen LogP contribution is -2.36. The number of hydrogen-bond donors (Lipinski definition) is 0. The maximum atomic E-state index is 13.0. The first-order valence-electron chi connectivity index (χ1n) is 13.2. The van der Waals surface area contributed by atoms with Crippen LogP contribution in [0.4, 0.5) is 0 Å². The Morgan fingerprint density at radius 1 is 0.971 bits per heavy atom. The number of rotatable bonds is 18. The van der Waals surface area contributed by atoms with E-state index < -0.39 is 10.1 Å². The molecule has 0 saturated carbocycles. The summed E-state index contributed by atoms with van der Waals surface area (Å²) in [5.74, 6) is 0.451. The van der Waals surface area contributed by atoms with Crippen molar-refractivity contribution in [3.8, 4) is 5.75 Å². The van der Waals surface area contributed by atoms with Crippen LogP contribution in [0.25, 0.3) is 0 Å². The van der Waals surface area contributed by atoms with Gasteiger partial charge in [0.2, 0.25) is 5.91 Å². The van der Waals surface area contributed by atoms with Crippen molar-refractivity contribution in [3.63, 3.8) is 0 Å². The molecule has 1 aliphatic rings. The highest BCUT2D eigenvalue weighted by molar-refractivity contribution is 7.86. The zero-order chi connectivity index (χ0) is 24.7. The zero-order valence-corrected chi connectivity index (χ0v) is 22.1. The molecular formula is C27H45NO5S. The monoisotopic (exact) mass is 495 g/mol. The van der Waals surface area contributed by atoms with E-state index in [2.05, 4.69) is 6.92 Å². The number of benzene rings is 1. The third-order valence-corrected chi connectivity index (χ3v) is 6.83. The van der Waals surface area contributed by atoms with Gasteiger partial charge in [0.1, 0.15) is 5.75 Å². The highest BCUT2D eigenvalue weighted by Gasteiger charge is 2.22. The molecule has 6 nitrogen and oxygen atoms in total. The summed E-state index contributed by atoms with van der Waals surface area (Å²) >= 11 is 0. The first-order valence-corrected chi connectivity index (χ1v) is 15.1. The minimum absolute atomic E-state index is 0.106. The van der Waals surface area contributed by atoms with Gasteiger partial charge in [-0.25, -0.2) is 0 Å². The fraction of sp³-hybridized carbons (Fsp3) is 0.741. The fourth-order valence-corrected chi connectivity index (χ4v) is 4.89. The summed E-state index contributed by atoms with van der Waals surface area (Å²) in [5, 5.41) is 0. The molecule has 1 heterocycles. The Balaban J connectivity index is 1.73. The molecule has 0 radical (unpaired) electrons.